The summed E-state index contributed by atoms with van der Waals surface area (Å²) in [6.45, 7) is 4.81. The Kier molecular flexibility index (Phi) is 4.78. The summed E-state index contributed by atoms with van der Waals surface area (Å²) in [4.78, 5) is 4.26. The van der Waals surface area contributed by atoms with E-state index in [0.29, 0.717) is 6.61 Å². The molecule has 1 heterocycles. The quantitative estimate of drug-likeness (QED) is 0.766. The van der Waals surface area contributed by atoms with Crippen molar-refractivity contribution in [3.63, 3.8) is 0 Å². The Bertz CT molecular complexity index is 285. The normalized spacial score (nSPS) is 15.2. The number of hydrogen-bond donors (Lipinski definition) is 1. The predicted molar refractivity (Wildman–Crippen MR) is 60.6 cm³/mol. The molecule has 0 amide bonds. The molecule has 0 saturated carbocycles. The van der Waals surface area contributed by atoms with Crippen molar-refractivity contribution in [2.24, 2.45) is 12.8 Å². The van der Waals surface area contributed by atoms with E-state index in [-0.39, 0.29) is 12.1 Å². The lowest BCUT2D eigenvalue weighted by molar-refractivity contribution is 0.0411. The second-order valence-corrected chi connectivity index (χ2v) is 3.72. The van der Waals surface area contributed by atoms with Gasteiger partial charge in [-0.3, -0.25) is 0 Å². The summed E-state index contributed by atoms with van der Waals surface area (Å²) in [7, 11) is 1.98. The number of nitrogens with zero attached hydrogens (tertiary/aromatic N) is 2. The average molecular weight is 211 g/mol. The van der Waals surface area contributed by atoms with Gasteiger partial charge < -0.3 is 15.0 Å². The molecule has 0 fully saturated rings. The highest BCUT2D eigenvalue weighted by Gasteiger charge is 2.17. The SMILES string of the molecule is CCOC(CC)C(N)Cc1nccn1C. The lowest BCUT2D eigenvalue weighted by Gasteiger charge is -2.22. The summed E-state index contributed by atoms with van der Waals surface area (Å²) in [6, 6.07) is 0.0241. The van der Waals surface area contributed by atoms with Gasteiger partial charge in [0.15, 0.2) is 0 Å². The first-order chi connectivity index (χ1) is 7.19. The molecule has 0 bridgehead atoms. The molecule has 4 nitrogen and oxygen atoms in total. The zero-order valence-corrected chi connectivity index (χ0v) is 9.81. The van der Waals surface area contributed by atoms with Crippen LogP contribution in [-0.4, -0.2) is 28.3 Å². The molecule has 0 radical (unpaired) electrons. The van der Waals surface area contributed by atoms with Crippen molar-refractivity contribution in [3.05, 3.63) is 18.2 Å². The topological polar surface area (TPSA) is 53.1 Å². The Morgan fingerprint density at radius 1 is 1.53 bits per heavy atom. The summed E-state index contributed by atoms with van der Waals surface area (Å²) < 4.78 is 7.58. The molecule has 0 aliphatic heterocycles. The molecule has 1 aromatic heterocycles. The third-order valence-corrected chi connectivity index (χ3v) is 2.60. The highest BCUT2D eigenvalue weighted by Crippen LogP contribution is 2.07. The van der Waals surface area contributed by atoms with Crippen LogP contribution in [0.2, 0.25) is 0 Å². The van der Waals surface area contributed by atoms with Crippen molar-refractivity contribution in [2.45, 2.75) is 38.8 Å². The van der Waals surface area contributed by atoms with Crippen molar-refractivity contribution in [3.8, 4) is 0 Å². The lowest BCUT2D eigenvalue weighted by atomic mass is 10.1. The van der Waals surface area contributed by atoms with Gasteiger partial charge in [-0.25, -0.2) is 4.98 Å². The fourth-order valence-corrected chi connectivity index (χ4v) is 1.69. The van der Waals surface area contributed by atoms with Crippen LogP contribution < -0.4 is 5.73 Å². The van der Waals surface area contributed by atoms with E-state index in [4.69, 9.17) is 10.5 Å². The summed E-state index contributed by atoms with van der Waals surface area (Å²) in [5.74, 6) is 1.01. The van der Waals surface area contributed by atoms with E-state index < -0.39 is 0 Å². The number of ether oxygens (including phenoxy) is 1. The van der Waals surface area contributed by atoms with Crippen molar-refractivity contribution >= 4 is 0 Å². The van der Waals surface area contributed by atoms with E-state index >= 15 is 0 Å². The molecule has 4 heteroatoms. The maximum Gasteiger partial charge on any atom is 0.110 e. The average Bonchev–Trinajstić information content (AvgIpc) is 2.60. The van der Waals surface area contributed by atoms with Crippen LogP contribution in [0.25, 0.3) is 0 Å². The van der Waals surface area contributed by atoms with E-state index in [0.717, 1.165) is 18.7 Å². The van der Waals surface area contributed by atoms with E-state index in [1.807, 2.05) is 24.7 Å². The summed E-state index contributed by atoms with van der Waals surface area (Å²) in [6.07, 6.45) is 5.57. The monoisotopic (exact) mass is 211 g/mol. The van der Waals surface area contributed by atoms with Crippen LogP contribution in [-0.2, 0) is 18.2 Å². The largest absolute Gasteiger partial charge is 0.377 e. The fourth-order valence-electron chi connectivity index (χ4n) is 1.69. The number of imidazole rings is 1. The van der Waals surface area contributed by atoms with Gasteiger partial charge in [0.05, 0.1) is 6.10 Å². The standard InChI is InChI=1S/C11H21N3O/c1-4-10(15-5-2)9(12)8-11-13-6-7-14(11)3/h6-7,9-10H,4-5,8,12H2,1-3H3. The number of aromatic nitrogens is 2. The Morgan fingerprint density at radius 3 is 2.73 bits per heavy atom. The first-order valence-corrected chi connectivity index (χ1v) is 5.52. The fraction of sp³-hybridized carbons (Fsp3) is 0.727. The number of hydrogen-bond acceptors (Lipinski definition) is 3. The van der Waals surface area contributed by atoms with Crippen LogP contribution >= 0.6 is 0 Å². The number of rotatable bonds is 6. The second-order valence-electron chi connectivity index (χ2n) is 3.72. The molecular weight excluding hydrogens is 190 g/mol. The Balaban J connectivity index is 2.53. The zero-order valence-electron chi connectivity index (χ0n) is 9.81. The predicted octanol–water partition coefficient (Wildman–Crippen LogP) is 1.10. The van der Waals surface area contributed by atoms with Crippen LogP contribution in [0.3, 0.4) is 0 Å². The van der Waals surface area contributed by atoms with E-state index in [2.05, 4.69) is 11.9 Å². The minimum Gasteiger partial charge on any atom is -0.377 e. The maximum atomic E-state index is 6.10. The van der Waals surface area contributed by atoms with Crippen molar-refractivity contribution in [2.75, 3.05) is 6.61 Å². The molecule has 0 aliphatic carbocycles. The molecule has 0 saturated heterocycles. The van der Waals surface area contributed by atoms with Gasteiger partial charge >= 0.3 is 0 Å². The number of nitrogens with two attached hydrogens (primary N) is 1. The number of aryl methyl sites for hydroxylation is 1. The zero-order chi connectivity index (χ0) is 11.3. The van der Waals surface area contributed by atoms with E-state index in [1.54, 1.807) is 6.20 Å². The summed E-state index contributed by atoms with van der Waals surface area (Å²) in [5.41, 5.74) is 6.10. The van der Waals surface area contributed by atoms with E-state index in [9.17, 15) is 0 Å². The molecular formula is C11H21N3O. The molecule has 15 heavy (non-hydrogen) atoms. The van der Waals surface area contributed by atoms with Gasteiger partial charge in [0.2, 0.25) is 0 Å². The first kappa shape index (κ1) is 12.2. The molecule has 86 valence electrons. The van der Waals surface area contributed by atoms with Gasteiger partial charge in [0, 0.05) is 38.5 Å². The van der Waals surface area contributed by atoms with Gasteiger partial charge in [-0.2, -0.15) is 0 Å². The van der Waals surface area contributed by atoms with Crippen molar-refractivity contribution in [1.29, 1.82) is 0 Å². The van der Waals surface area contributed by atoms with E-state index in [1.165, 1.54) is 0 Å². The first-order valence-electron chi connectivity index (χ1n) is 5.52. The van der Waals surface area contributed by atoms with Gasteiger partial charge in [-0.05, 0) is 13.3 Å². The van der Waals surface area contributed by atoms with Crippen LogP contribution in [0.1, 0.15) is 26.1 Å². The molecule has 1 rings (SSSR count). The van der Waals surface area contributed by atoms with Gasteiger partial charge in [0.25, 0.3) is 0 Å². The Morgan fingerprint density at radius 2 is 2.27 bits per heavy atom. The molecule has 2 atom stereocenters. The highest BCUT2D eigenvalue weighted by molar-refractivity contribution is 4.95. The van der Waals surface area contributed by atoms with Gasteiger partial charge in [-0.15, -0.1) is 0 Å². The maximum absolute atomic E-state index is 6.10. The summed E-state index contributed by atoms with van der Waals surface area (Å²) in [5, 5.41) is 0. The van der Waals surface area contributed by atoms with Crippen molar-refractivity contribution in [1.82, 2.24) is 9.55 Å². The van der Waals surface area contributed by atoms with Crippen LogP contribution in [0.15, 0.2) is 12.4 Å². The van der Waals surface area contributed by atoms with Crippen LogP contribution in [0.4, 0.5) is 0 Å². The third-order valence-electron chi connectivity index (χ3n) is 2.60. The Labute approximate surface area is 91.4 Å². The minimum absolute atomic E-state index is 0.0241. The molecule has 2 N–H and O–H groups in total. The minimum atomic E-state index is 0.0241. The molecule has 2 unspecified atom stereocenters. The van der Waals surface area contributed by atoms with Gasteiger partial charge in [-0.1, -0.05) is 6.92 Å². The molecule has 0 aromatic carbocycles. The lowest BCUT2D eigenvalue weighted by Crippen LogP contribution is -2.38. The smallest absolute Gasteiger partial charge is 0.110 e. The van der Waals surface area contributed by atoms with Crippen LogP contribution in [0.5, 0.6) is 0 Å². The van der Waals surface area contributed by atoms with Crippen molar-refractivity contribution < 1.29 is 4.74 Å². The molecule has 0 aliphatic rings. The molecule has 1 aromatic rings. The highest BCUT2D eigenvalue weighted by atomic mass is 16.5. The second kappa shape index (κ2) is 5.88. The van der Waals surface area contributed by atoms with Gasteiger partial charge in [0.1, 0.15) is 5.82 Å². The third kappa shape index (κ3) is 3.32. The van der Waals surface area contributed by atoms with Crippen LogP contribution in [0, 0.1) is 0 Å². The summed E-state index contributed by atoms with van der Waals surface area (Å²) >= 11 is 0. The Hall–Kier alpha value is -0.870. The molecule has 0 spiro atoms.